The predicted octanol–water partition coefficient (Wildman–Crippen LogP) is 2.81. The molecule has 1 saturated heterocycles. The average Bonchev–Trinajstić information content (AvgIpc) is 2.73. The van der Waals surface area contributed by atoms with E-state index in [0.29, 0.717) is 25.8 Å². The van der Waals surface area contributed by atoms with Crippen molar-refractivity contribution in [3.05, 3.63) is 35.9 Å². The minimum Gasteiger partial charge on any atom is -0.354 e. The van der Waals surface area contributed by atoms with Gasteiger partial charge in [-0.15, -0.1) is 0 Å². The summed E-state index contributed by atoms with van der Waals surface area (Å²) in [5, 5.41) is 5.65. The van der Waals surface area contributed by atoms with Crippen LogP contribution in [-0.4, -0.2) is 48.3 Å². The monoisotopic (exact) mass is 401 g/mol. The molecule has 0 aliphatic carbocycles. The van der Waals surface area contributed by atoms with E-state index >= 15 is 0 Å². The van der Waals surface area contributed by atoms with E-state index in [1.807, 2.05) is 30.3 Å². The smallest absolute Gasteiger partial charge is 0.243 e. The summed E-state index contributed by atoms with van der Waals surface area (Å²) in [6.45, 7) is 2.81. The molecule has 0 aromatic heterocycles. The van der Waals surface area contributed by atoms with Crippen molar-refractivity contribution in [2.24, 2.45) is 0 Å². The molecule has 1 aromatic carbocycles. The van der Waals surface area contributed by atoms with Gasteiger partial charge in [0.25, 0.3) is 0 Å². The van der Waals surface area contributed by atoms with E-state index in [2.05, 4.69) is 17.6 Å². The van der Waals surface area contributed by atoms with Crippen LogP contribution >= 0.6 is 0 Å². The highest BCUT2D eigenvalue weighted by atomic mass is 16.2. The molecule has 0 radical (unpaired) electrons. The number of hydrogen-bond acceptors (Lipinski definition) is 3. The van der Waals surface area contributed by atoms with Crippen LogP contribution in [0.1, 0.15) is 63.9 Å². The first-order valence-electron chi connectivity index (χ1n) is 10.9. The zero-order valence-electron chi connectivity index (χ0n) is 17.8. The maximum Gasteiger partial charge on any atom is 0.243 e. The third-order valence-corrected chi connectivity index (χ3v) is 5.53. The van der Waals surface area contributed by atoms with Crippen LogP contribution in [0.2, 0.25) is 0 Å². The first kappa shape index (κ1) is 22.9. The van der Waals surface area contributed by atoms with Crippen molar-refractivity contribution in [2.75, 3.05) is 13.6 Å². The number of hydrogen-bond donors (Lipinski definition) is 2. The van der Waals surface area contributed by atoms with Crippen LogP contribution in [0.25, 0.3) is 0 Å². The Kier molecular flexibility index (Phi) is 9.68. The molecule has 2 atom stereocenters. The Balaban J connectivity index is 2.02. The van der Waals surface area contributed by atoms with Gasteiger partial charge in [0.05, 0.1) is 0 Å². The number of rotatable bonds is 11. The highest BCUT2D eigenvalue weighted by Gasteiger charge is 2.31. The molecule has 2 rings (SSSR count). The molecule has 0 spiro atoms. The van der Waals surface area contributed by atoms with Crippen molar-refractivity contribution in [1.82, 2.24) is 15.5 Å². The van der Waals surface area contributed by atoms with E-state index in [-0.39, 0.29) is 17.7 Å². The topological polar surface area (TPSA) is 78.5 Å². The molecular weight excluding hydrogens is 366 g/mol. The molecule has 3 amide bonds. The van der Waals surface area contributed by atoms with E-state index < -0.39 is 12.1 Å². The lowest BCUT2D eigenvalue weighted by Gasteiger charge is -2.30. The summed E-state index contributed by atoms with van der Waals surface area (Å²) in [6.07, 6.45) is 7.71. The lowest BCUT2D eigenvalue weighted by molar-refractivity contribution is -0.140. The lowest BCUT2D eigenvalue weighted by atomic mass is 10.0. The van der Waals surface area contributed by atoms with Crippen molar-refractivity contribution >= 4 is 17.7 Å². The van der Waals surface area contributed by atoms with Crippen LogP contribution in [0, 0.1) is 0 Å². The number of piperidine rings is 1. The number of unbranched alkanes of at least 4 members (excludes halogenated alkanes) is 4. The molecular formula is C23H35N3O3. The number of nitrogens with one attached hydrogen (secondary N) is 2. The molecule has 6 nitrogen and oxygen atoms in total. The van der Waals surface area contributed by atoms with E-state index in [4.69, 9.17) is 0 Å². The Hall–Kier alpha value is -2.37. The van der Waals surface area contributed by atoms with Gasteiger partial charge in [0, 0.05) is 26.4 Å². The van der Waals surface area contributed by atoms with Crippen LogP contribution in [0.15, 0.2) is 30.3 Å². The van der Waals surface area contributed by atoms with Crippen molar-refractivity contribution < 1.29 is 14.4 Å². The highest BCUT2D eigenvalue weighted by Crippen LogP contribution is 2.13. The molecule has 1 aliphatic heterocycles. The Morgan fingerprint density at radius 2 is 1.90 bits per heavy atom. The first-order chi connectivity index (χ1) is 14.0. The number of benzene rings is 1. The zero-order chi connectivity index (χ0) is 21.1. The van der Waals surface area contributed by atoms with E-state index in [9.17, 15) is 14.4 Å². The molecule has 0 unspecified atom stereocenters. The zero-order valence-corrected chi connectivity index (χ0v) is 17.8. The summed E-state index contributed by atoms with van der Waals surface area (Å²) in [5.74, 6) is -0.434. The van der Waals surface area contributed by atoms with E-state index in [1.54, 1.807) is 11.9 Å². The van der Waals surface area contributed by atoms with Crippen LogP contribution in [0.5, 0.6) is 0 Å². The van der Waals surface area contributed by atoms with Gasteiger partial charge >= 0.3 is 0 Å². The second-order valence-electron chi connectivity index (χ2n) is 7.87. The Labute approximate surface area is 174 Å². The van der Waals surface area contributed by atoms with E-state index in [1.165, 1.54) is 12.8 Å². The fraction of sp³-hybridized carbons (Fsp3) is 0.609. The van der Waals surface area contributed by atoms with Crippen molar-refractivity contribution in [1.29, 1.82) is 0 Å². The molecule has 1 aliphatic rings. The van der Waals surface area contributed by atoms with Crippen LogP contribution < -0.4 is 10.6 Å². The van der Waals surface area contributed by atoms with Gasteiger partial charge in [-0.05, 0) is 24.8 Å². The maximum atomic E-state index is 13.0. The molecule has 1 aromatic rings. The molecule has 0 bridgehead atoms. The third-order valence-electron chi connectivity index (χ3n) is 5.53. The van der Waals surface area contributed by atoms with Crippen LogP contribution in [0.3, 0.4) is 0 Å². The Bertz CT molecular complexity index is 663. The molecule has 6 heteroatoms. The molecule has 0 saturated carbocycles. The number of amides is 3. The number of likely N-dealkylation sites (N-methyl/N-ethyl adjacent to an activating group) is 1. The van der Waals surface area contributed by atoms with Gasteiger partial charge in [-0.3, -0.25) is 14.4 Å². The predicted molar refractivity (Wildman–Crippen MR) is 114 cm³/mol. The van der Waals surface area contributed by atoms with Gasteiger partial charge in [-0.1, -0.05) is 62.9 Å². The number of carbonyl (C=O) groups is 3. The largest absolute Gasteiger partial charge is 0.354 e. The van der Waals surface area contributed by atoms with Gasteiger partial charge in [-0.25, -0.2) is 0 Å². The summed E-state index contributed by atoms with van der Waals surface area (Å²) < 4.78 is 0. The van der Waals surface area contributed by atoms with Gasteiger partial charge in [0.15, 0.2) is 0 Å². The number of nitrogens with zero attached hydrogens (tertiary/aromatic N) is 1. The fourth-order valence-corrected chi connectivity index (χ4v) is 3.65. The molecule has 2 N–H and O–H groups in total. The Morgan fingerprint density at radius 1 is 1.17 bits per heavy atom. The van der Waals surface area contributed by atoms with Crippen LogP contribution in [0.4, 0.5) is 0 Å². The van der Waals surface area contributed by atoms with Crippen molar-refractivity contribution in [3.63, 3.8) is 0 Å². The highest BCUT2D eigenvalue weighted by molar-refractivity contribution is 5.92. The molecule has 1 heterocycles. The van der Waals surface area contributed by atoms with Gasteiger partial charge < -0.3 is 15.5 Å². The quantitative estimate of drug-likeness (QED) is 0.560. The summed E-state index contributed by atoms with van der Waals surface area (Å²) >= 11 is 0. The summed E-state index contributed by atoms with van der Waals surface area (Å²) in [5.41, 5.74) is 0.989. The van der Waals surface area contributed by atoms with E-state index in [0.717, 1.165) is 31.2 Å². The molecule has 29 heavy (non-hydrogen) atoms. The standard InChI is InChI=1S/C23H35N3O3/c1-3-4-5-6-10-15-21(27)26(2)20(17-18-12-8-7-9-13-18)23(29)25-19-14-11-16-24-22(19)28/h7-9,12-13,19-20H,3-6,10-11,14-17H2,1-2H3,(H,24,28)(H,25,29)/t19-,20-/m0/s1. The number of carbonyl (C=O) groups excluding carboxylic acids is 3. The summed E-state index contributed by atoms with van der Waals surface area (Å²) in [7, 11) is 1.70. The average molecular weight is 402 g/mol. The van der Waals surface area contributed by atoms with Gasteiger partial charge in [0.2, 0.25) is 17.7 Å². The lowest BCUT2D eigenvalue weighted by Crippen LogP contribution is -2.56. The normalized spacial score (nSPS) is 17.3. The van der Waals surface area contributed by atoms with Crippen LogP contribution in [-0.2, 0) is 20.8 Å². The van der Waals surface area contributed by atoms with Crippen molar-refractivity contribution in [3.8, 4) is 0 Å². The van der Waals surface area contributed by atoms with Gasteiger partial charge in [-0.2, -0.15) is 0 Å². The maximum absolute atomic E-state index is 13.0. The fourth-order valence-electron chi connectivity index (χ4n) is 3.65. The Morgan fingerprint density at radius 3 is 2.59 bits per heavy atom. The molecule has 160 valence electrons. The minimum atomic E-state index is -0.629. The summed E-state index contributed by atoms with van der Waals surface area (Å²) in [4.78, 5) is 39.4. The van der Waals surface area contributed by atoms with Gasteiger partial charge in [0.1, 0.15) is 12.1 Å². The first-order valence-corrected chi connectivity index (χ1v) is 10.9. The molecule has 1 fully saturated rings. The minimum absolute atomic E-state index is 0.0225. The second-order valence-corrected chi connectivity index (χ2v) is 7.87. The SMILES string of the molecule is CCCCCCCC(=O)N(C)[C@@H](Cc1ccccc1)C(=O)N[C@H]1CCCNC1=O. The summed E-state index contributed by atoms with van der Waals surface area (Å²) in [6, 6.07) is 8.54. The second kappa shape index (κ2) is 12.2. The van der Waals surface area contributed by atoms with Crippen molar-refractivity contribution in [2.45, 2.75) is 76.8 Å². The third kappa shape index (κ3) is 7.52.